The molecule has 34 heavy (non-hydrogen) atoms. The van der Waals surface area contributed by atoms with Gasteiger partial charge in [0.25, 0.3) is 10.0 Å². The van der Waals surface area contributed by atoms with Crippen LogP contribution in [0.25, 0.3) is 0 Å². The molecule has 0 radical (unpaired) electrons. The first-order valence-electron chi connectivity index (χ1n) is 11.5. The summed E-state index contributed by atoms with van der Waals surface area (Å²) in [5, 5.41) is 9.05. The Bertz CT molecular complexity index is 1220. The molecule has 2 aromatic carbocycles. The van der Waals surface area contributed by atoms with Crippen LogP contribution >= 0.6 is 0 Å². The first-order valence-corrected chi connectivity index (χ1v) is 12.9. The molecular weight excluding hydrogens is 452 g/mol. The number of hydrogen-bond acceptors (Lipinski definition) is 6. The van der Waals surface area contributed by atoms with Gasteiger partial charge in [0.2, 0.25) is 0 Å². The molecule has 8 heteroatoms. The van der Waals surface area contributed by atoms with Gasteiger partial charge in [-0.15, -0.1) is 0 Å². The van der Waals surface area contributed by atoms with Gasteiger partial charge in [-0.3, -0.25) is 0 Å². The lowest BCUT2D eigenvalue weighted by molar-refractivity contribution is -0.0827. The van der Waals surface area contributed by atoms with Crippen LogP contribution in [0.15, 0.2) is 53.4 Å². The second-order valence-electron chi connectivity index (χ2n) is 9.84. The third-order valence-electron chi connectivity index (χ3n) is 7.21. The normalized spacial score (nSPS) is 25.8. The lowest BCUT2D eigenvalue weighted by Crippen LogP contribution is -2.44. The first kappa shape index (κ1) is 24.2. The van der Waals surface area contributed by atoms with Crippen molar-refractivity contribution in [3.05, 3.63) is 65.2 Å². The predicted octanol–water partition coefficient (Wildman–Crippen LogP) is 4.93. The zero-order valence-electron chi connectivity index (χ0n) is 19.9. The highest BCUT2D eigenvalue weighted by atomic mass is 32.2. The predicted molar refractivity (Wildman–Crippen MR) is 126 cm³/mol. The molecule has 2 fully saturated rings. The monoisotopic (exact) mass is 482 g/mol. The van der Waals surface area contributed by atoms with Gasteiger partial charge in [-0.2, -0.15) is 9.57 Å². The summed E-state index contributed by atoms with van der Waals surface area (Å²) >= 11 is 0. The summed E-state index contributed by atoms with van der Waals surface area (Å²) in [5.74, 6) is 0.254. The zero-order chi connectivity index (χ0) is 24.7. The van der Waals surface area contributed by atoms with E-state index in [0.29, 0.717) is 17.5 Å². The molecule has 2 saturated heterocycles. The summed E-state index contributed by atoms with van der Waals surface area (Å²) in [4.78, 5) is 13.4. The van der Waals surface area contributed by atoms with E-state index in [-0.39, 0.29) is 23.0 Å². The van der Waals surface area contributed by atoms with E-state index in [4.69, 9.17) is 14.7 Å². The van der Waals surface area contributed by atoms with Gasteiger partial charge in [0, 0.05) is 6.42 Å². The minimum Gasteiger partial charge on any atom is -0.442 e. The second kappa shape index (κ2) is 8.71. The third kappa shape index (κ3) is 4.30. The van der Waals surface area contributed by atoms with Gasteiger partial charge < -0.3 is 9.47 Å². The number of benzene rings is 2. The Hall–Kier alpha value is -2.89. The summed E-state index contributed by atoms with van der Waals surface area (Å²) < 4.78 is 40.1. The SMILES string of the molecule is Cc1ccc(S(=O)(=O)N(Cc2ccc(C#N)cc2)C(=O)O[C@H]2C[C@@]3(C(C)C)CC[C@]2(C)O3)cc1. The molecule has 0 aromatic heterocycles. The molecule has 2 heterocycles. The molecule has 7 nitrogen and oxygen atoms in total. The molecule has 0 saturated carbocycles. The van der Waals surface area contributed by atoms with Crippen LogP contribution < -0.4 is 0 Å². The average Bonchev–Trinajstić information content (AvgIpc) is 3.30. The van der Waals surface area contributed by atoms with Crippen molar-refractivity contribution in [3.63, 3.8) is 0 Å². The maximum atomic E-state index is 13.5. The molecule has 0 unspecified atom stereocenters. The van der Waals surface area contributed by atoms with E-state index in [1.54, 1.807) is 36.4 Å². The number of aryl methyl sites for hydroxylation is 1. The fraction of sp³-hybridized carbons (Fsp3) is 0.462. The van der Waals surface area contributed by atoms with Gasteiger partial charge in [0.05, 0.1) is 28.7 Å². The molecule has 0 aliphatic carbocycles. The van der Waals surface area contributed by atoms with E-state index in [2.05, 4.69) is 13.8 Å². The third-order valence-corrected chi connectivity index (χ3v) is 8.94. The van der Waals surface area contributed by atoms with E-state index in [0.717, 1.165) is 22.7 Å². The van der Waals surface area contributed by atoms with Crippen LogP contribution in [0.1, 0.15) is 56.7 Å². The summed E-state index contributed by atoms with van der Waals surface area (Å²) in [6, 6.07) is 14.8. The Kier molecular flexibility index (Phi) is 6.21. The molecule has 2 aromatic rings. The Morgan fingerprint density at radius 1 is 1.18 bits per heavy atom. The van der Waals surface area contributed by atoms with Crippen molar-refractivity contribution in [2.75, 3.05) is 0 Å². The number of sulfonamides is 1. The fourth-order valence-corrected chi connectivity index (χ4v) is 6.14. The Balaban J connectivity index is 1.64. The van der Waals surface area contributed by atoms with Crippen LogP contribution in [0.2, 0.25) is 0 Å². The lowest BCUT2D eigenvalue weighted by Gasteiger charge is -2.32. The Morgan fingerprint density at radius 2 is 1.82 bits per heavy atom. The largest absolute Gasteiger partial charge is 0.442 e. The molecule has 2 aliphatic heterocycles. The van der Waals surface area contributed by atoms with Gasteiger partial charge in [0.1, 0.15) is 11.7 Å². The van der Waals surface area contributed by atoms with Gasteiger partial charge in [-0.05, 0) is 62.4 Å². The summed E-state index contributed by atoms with van der Waals surface area (Å²) in [5.41, 5.74) is 0.943. The van der Waals surface area contributed by atoms with E-state index in [1.165, 1.54) is 12.1 Å². The zero-order valence-corrected chi connectivity index (χ0v) is 20.8. The number of fused-ring (bicyclic) bond motifs is 2. The van der Waals surface area contributed by atoms with Crippen molar-refractivity contribution < 1.29 is 22.7 Å². The highest BCUT2D eigenvalue weighted by Gasteiger charge is 2.62. The van der Waals surface area contributed by atoms with Crippen LogP contribution in [-0.4, -0.2) is 36.1 Å². The summed E-state index contributed by atoms with van der Waals surface area (Å²) in [6.45, 7) is 7.77. The number of amides is 1. The molecule has 2 bridgehead atoms. The van der Waals surface area contributed by atoms with Gasteiger partial charge in [0.15, 0.2) is 0 Å². The van der Waals surface area contributed by atoms with Crippen molar-refractivity contribution in [1.29, 1.82) is 5.26 Å². The molecule has 1 amide bonds. The number of carbonyl (C=O) groups excluding carboxylic acids is 1. The Morgan fingerprint density at radius 3 is 2.38 bits per heavy atom. The van der Waals surface area contributed by atoms with Crippen LogP contribution in [0, 0.1) is 24.2 Å². The molecule has 0 N–H and O–H groups in total. The van der Waals surface area contributed by atoms with Crippen molar-refractivity contribution in [1.82, 2.24) is 4.31 Å². The quantitative estimate of drug-likeness (QED) is 0.579. The van der Waals surface area contributed by atoms with Gasteiger partial charge in [-0.25, -0.2) is 13.2 Å². The standard InChI is InChI=1S/C26H30N2O5S/c1-18(2)26-14-13-25(4,33-26)23(15-26)32-24(29)28(17-21-9-7-20(16-27)8-10-21)34(30,31)22-11-5-19(3)6-12-22/h5-12,18,23H,13-15,17H2,1-4H3/t23-,25-,26+/m0/s1. The lowest BCUT2D eigenvalue weighted by atomic mass is 9.75. The van der Waals surface area contributed by atoms with Crippen molar-refractivity contribution >= 4 is 16.1 Å². The maximum absolute atomic E-state index is 13.5. The van der Waals surface area contributed by atoms with E-state index >= 15 is 0 Å². The van der Waals surface area contributed by atoms with Crippen LogP contribution in [0.4, 0.5) is 4.79 Å². The number of ether oxygens (including phenoxy) is 2. The Labute approximate surface area is 201 Å². The minimum absolute atomic E-state index is 0.0118. The van der Waals surface area contributed by atoms with Crippen molar-refractivity contribution in [2.45, 2.75) is 75.7 Å². The maximum Gasteiger partial charge on any atom is 0.424 e. The van der Waals surface area contributed by atoms with Crippen LogP contribution in [-0.2, 0) is 26.0 Å². The molecule has 0 spiro atoms. The fourth-order valence-electron chi connectivity index (χ4n) is 4.85. The average molecular weight is 483 g/mol. The molecule has 2 aliphatic rings. The highest BCUT2D eigenvalue weighted by Crippen LogP contribution is 2.55. The number of nitriles is 1. The van der Waals surface area contributed by atoms with E-state index in [9.17, 15) is 13.2 Å². The molecule has 4 rings (SSSR count). The number of rotatable bonds is 6. The van der Waals surface area contributed by atoms with E-state index < -0.39 is 27.8 Å². The minimum atomic E-state index is -4.18. The number of nitrogens with zero attached hydrogens (tertiary/aromatic N) is 2. The first-order chi connectivity index (χ1) is 16.0. The highest BCUT2D eigenvalue weighted by molar-refractivity contribution is 7.89. The van der Waals surface area contributed by atoms with E-state index in [1.807, 2.05) is 19.9 Å². The van der Waals surface area contributed by atoms with Gasteiger partial charge in [-0.1, -0.05) is 43.7 Å². The van der Waals surface area contributed by atoms with Crippen LogP contribution in [0.3, 0.4) is 0 Å². The van der Waals surface area contributed by atoms with Crippen molar-refractivity contribution in [3.8, 4) is 6.07 Å². The summed E-state index contributed by atoms with van der Waals surface area (Å²) in [6.07, 6.45) is 0.733. The topological polar surface area (TPSA) is 96.7 Å². The summed E-state index contributed by atoms with van der Waals surface area (Å²) in [7, 11) is -4.18. The molecular formula is C26H30N2O5S. The second-order valence-corrected chi connectivity index (χ2v) is 11.7. The van der Waals surface area contributed by atoms with Gasteiger partial charge >= 0.3 is 6.09 Å². The van der Waals surface area contributed by atoms with Crippen molar-refractivity contribution in [2.24, 2.45) is 5.92 Å². The van der Waals surface area contributed by atoms with Crippen LogP contribution in [0.5, 0.6) is 0 Å². The number of hydrogen-bond donors (Lipinski definition) is 0. The number of carbonyl (C=O) groups is 1. The molecule has 3 atom stereocenters. The molecule has 180 valence electrons. The smallest absolute Gasteiger partial charge is 0.424 e.